The van der Waals surface area contributed by atoms with Gasteiger partial charge in [-0.2, -0.15) is 5.10 Å². The largest absolute Gasteiger partial charge is 0.221 e. The van der Waals surface area contributed by atoms with E-state index >= 15 is 0 Å². The molecule has 3 nitrogen and oxygen atoms in total. The van der Waals surface area contributed by atoms with Gasteiger partial charge in [0.2, 0.25) is 0 Å². The van der Waals surface area contributed by atoms with Gasteiger partial charge in [-0.15, -0.1) is 0 Å². The molecule has 0 N–H and O–H groups in total. The van der Waals surface area contributed by atoms with Crippen LogP contribution in [0.2, 0.25) is 0 Å². The molecule has 3 aromatic rings. The van der Waals surface area contributed by atoms with Crippen LogP contribution in [0.3, 0.4) is 0 Å². The monoisotopic (exact) mass is 223 g/mol. The van der Waals surface area contributed by atoms with Gasteiger partial charge < -0.3 is 0 Å². The normalized spacial score (nSPS) is 10.9. The molecule has 0 aliphatic rings. The first-order valence-corrected chi connectivity index (χ1v) is 5.68. The van der Waals surface area contributed by atoms with Crippen molar-refractivity contribution in [3.05, 3.63) is 65.6 Å². The number of rotatable bonds is 2. The van der Waals surface area contributed by atoms with Gasteiger partial charge in [-0.3, -0.25) is 0 Å². The Morgan fingerprint density at radius 2 is 1.88 bits per heavy atom. The summed E-state index contributed by atoms with van der Waals surface area (Å²) in [4.78, 5) is 4.56. The molecule has 0 saturated carbocycles. The Hall–Kier alpha value is -2.16. The molecule has 0 fully saturated rings. The first kappa shape index (κ1) is 10.0. The average molecular weight is 223 g/mol. The van der Waals surface area contributed by atoms with Gasteiger partial charge in [-0.25, -0.2) is 9.50 Å². The number of aryl methyl sites for hydroxylation is 1. The van der Waals surface area contributed by atoms with Crippen molar-refractivity contribution in [2.24, 2.45) is 0 Å². The van der Waals surface area contributed by atoms with E-state index in [9.17, 15) is 0 Å². The molecule has 2 heterocycles. The summed E-state index contributed by atoms with van der Waals surface area (Å²) in [5.74, 6) is 0.866. The highest BCUT2D eigenvalue weighted by molar-refractivity contribution is 5.46. The maximum atomic E-state index is 4.56. The van der Waals surface area contributed by atoms with Gasteiger partial charge in [0.15, 0.2) is 11.5 Å². The molecule has 0 unspecified atom stereocenters. The predicted molar refractivity (Wildman–Crippen MR) is 67.0 cm³/mol. The number of hydrogen-bond acceptors (Lipinski definition) is 2. The Labute approximate surface area is 99.7 Å². The molecule has 0 bridgehead atoms. The summed E-state index contributed by atoms with van der Waals surface area (Å²) < 4.78 is 1.84. The van der Waals surface area contributed by atoms with Crippen molar-refractivity contribution in [1.82, 2.24) is 14.6 Å². The first-order chi connectivity index (χ1) is 8.33. The van der Waals surface area contributed by atoms with Crippen molar-refractivity contribution in [3.63, 3.8) is 0 Å². The molecule has 17 heavy (non-hydrogen) atoms. The lowest BCUT2D eigenvalue weighted by molar-refractivity contribution is 0.898. The molecular weight excluding hydrogens is 210 g/mol. The van der Waals surface area contributed by atoms with Crippen LogP contribution in [0.5, 0.6) is 0 Å². The smallest absolute Gasteiger partial charge is 0.158 e. The zero-order valence-corrected chi connectivity index (χ0v) is 9.67. The van der Waals surface area contributed by atoms with Gasteiger partial charge >= 0.3 is 0 Å². The summed E-state index contributed by atoms with van der Waals surface area (Å²) >= 11 is 0. The Bertz CT molecular complexity index is 641. The van der Waals surface area contributed by atoms with Gasteiger partial charge in [0.25, 0.3) is 0 Å². The second-order valence-corrected chi connectivity index (χ2v) is 4.15. The molecule has 0 saturated heterocycles. The molecule has 1 aromatic carbocycles. The third-order valence-electron chi connectivity index (χ3n) is 2.81. The fraction of sp³-hybridized carbons (Fsp3) is 0.143. The van der Waals surface area contributed by atoms with Crippen LogP contribution >= 0.6 is 0 Å². The van der Waals surface area contributed by atoms with Crippen LogP contribution in [0.15, 0.2) is 48.7 Å². The van der Waals surface area contributed by atoms with Crippen molar-refractivity contribution >= 4 is 5.65 Å². The van der Waals surface area contributed by atoms with Crippen molar-refractivity contribution in [2.75, 3.05) is 0 Å². The van der Waals surface area contributed by atoms with Crippen molar-refractivity contribution in [1.29, 1.82) is 0 Å². The van der Waals surface area contributed by atoms with E-state index in [1.54, 1.807) is 0 Å². The van der Waals surface area contributed by atoms with Crippen LogP contribution in [0, 0.1) is 6.92 Å². The molecule has 3 heteroatoms. The lowest BCUT2D eigenvalue weighted by Crippen LogP contribution is -1.91. The zero-order chi connectivity index (χ0) is 11.7. The third-order valence-corrected chi connectivity index (χ3v) is 2.81. The number of nitrogens with zero attached hydrogens (tertiary/aromatic N) is 3. The van der Waals surface area contributed by atoms with E-state index in [0.29, 0.717) is 0 Å². The summed E-state index contributed by atoms with van der Waals surface area (Å²) in [6, 6.07) is 14.3. The molecule has 0 atom stereocenters. The topological polar surface area (TPSA) is 30.2 Å². The number of fused-ring (bicyclic) bond motifs is 1. The van der Waals surface area contributed by atoms with Crippen LogP contribution in [0.1, 0.15) is 17.0 Å². The molecular formula is C14H13N3. The summed E-state index contributed by atoms with van der Waals surface area (Å²) in [6.07, 6.45) is 2.71. The van der Waals surface area contributed by atoms with Crippen molar-refractivity contribution < 1.29 is 0 Å². The van der Waals surface area contributed by atoms with E-state index in [1.165, 1.54) is 5.56 Å². The van der Waals surface area contributed by atoms with Crippen molar-refractivity contribution in [2.45, 2.75) is 13.3 Å². The summed E-state index contributed by atoms with van der Waals surface area (Å²) in [6.45, 7) is 2.05. The molecule has 0 radical (unpaired) electrons. The fourth-order valence-electron chi connectivity index (χ4n) is 1.94. The second-order valence-electron chi connectivity index (χ2n) is 4.15. The van der Waals surface area contributed by atoms with Crippen LogP contribution in [0.25, 0.3) is 5.65 Å². The Balaban J connectivity index is 1.99. The van der Waals surface area contributed by atoms with Crippen molar-refractivity contribution in [3.8, 4) is 0 Å². The maximum absolute atomic E-state index is 4.56. The number of aromatic nitrogens is 3. The van der Waals surface area contributed by atoms with Crippen LogP contribution in [-0.4, -0.2) is 14.6 Å². The lowest BCUT2D eigenvalue weighted by atomic mass is 10.1. The SMILES string of the molecule is Cc1cccn2nc(Cc3ccccc3)nc12. The average Bonchev–Trinajstić information content (AvgIpc) is 2.74. The highest BCUT2D eigenvalue weighted by Crippen LogP contribution is 2.10. The third kappa shape index (κ3) is 1.91. The van der Waals surface area contributed by atoms with Crippen LogP contribution in [0.4, 0.5) is 0 Å². The van der Waals surface area contributed by atoms with Gasteiger partial charge in [-0.1, -0.05) is 36.4 Å². The molecule has 0 amide bonds. The molecule has 84 valence electrons. The first-order valence-electron chi connectivity index (χ1n) is 5.68. The van der Waals surface area contributed by atoms with E-state index in [2.05, 4.69) is 35.2 Å². The van der Waals surface area contributed by atoms with Crippen LogP contribution in [-0.2, 0) is 6.42 Å². The zero-order valence-electron chi connectivity index (χ0n) is 9.67. The minimum Gasteiger partial charge on any atom is -0.221 e. The minimum absolute atomic E-state index is 0.780. The van der Waals surface area contributed by atoms with Gasteiger partial charge in [0.1, 0.15) is 0 Å². The second kappa shape index (κ2) is 4.01. The summed E-state index contributed by atoms with van der Waals surface area (Å²) in [5, 5.41) is 4.47. The highest BCUT2D eigenvalue weighted by Gasteiger charge is 2.05. The Morgan fingerprint density at radius 1 is 1.06 bits per heavy atom. The molecule has 3 rings (SSSR count). The number of benzene rings is 1. The summed E-state index contributed by atoms with van der Waals surface area (Å²) in [5.41, 5.74) is 3.33. The highest BCUT2D eigenvalue weighted by atomic mass is 15.3. The van der Waals surface area contributed by atoms with E-state index in [-0.39, 0.29) is 0 Å². The maximum Gasteiger partial charge on any atom is 0.158 e. The van der Waals surface area contributed by atoms with Gasteiger partial charge in [0, 0.05) is 12.6 Å². The molecule has 0 spiro atoms. The number of pyridine rings is 1. The summed E-state index contributed by atoms with van der Waals surface area (Å²) in [7, 11) is 0. The predicted octanol–water partition coefficient (Wildman–Crippen LogP) is 2.63. The Kier molecular flexibility index (Phi) is 2.37. The van der Waals surface area contributed by atoms with E-state index in [1.807, 2.05) is 35.0 Å². The molecule has 2 aromatic heterocycles. The van der Waals surface area contributed by atoms with E-state index < -0.39 is 0 Å². The van der Waals surface area contributed by atoms with E-state index in [0.717, 1.165) is 23.5 Å². The minimum atomic E-state index is 0.780. The lowest BCUT2D eigenvalue weighted by Gasteiger charge is -1.94. The number of hydrogen-bond donors (Lipinski definition) is 0. The fourth-order valence-corrected chi connectivity index (χ4v) is 1.94. The quantitative estimate of drug-likeness (QED) is 0.668. The van der Waals surface area contributed by atoms with Gasteiger partial charge in [-0.05, 0) is 24.1 Å². The standard InChI is InChI=1S/C14H13N3/c1-11-6-5-9-17-14(11)15-13(16-17)10-12-7-3-2-4-8-12/h2-9H,10H2,1H3. The molecule has 0 aliphatic carbocycles. The van der Waals surface area contributed by atoms with Crippen LogP contribution < -0.4 is 0 Å². The van der Waals surface area contributed by atoms with E-state index in [4.69, 9.17) is 0 Å². The molecule has 0 aliphatic heterocycles. The Morgan fingerprint density at radius 3 is 2.65 bits per heavy atom. The van der Waals surface area contributed by atoms with Gasteiger partial charge in [0.05, 0.1) is 0 Å².